The second-order valence-electron chi connectivity index (χ2n) is 11.1. The summed E-state index contributed by atoms with van der Waals surface area (Å²) in [4.78, 5) is 0. The van der Waals surface area contributed by atoms with Crippen LogP contribution < -0.4 is 10.6 Å². The minimum absolute atomic E-state index is 0.205. The number of rotatable bonds is 14. The Morgan fingerprint density at radius 2 is 1.05 bits per heavy atom. The van der Waals surface area contributed by atoms with Crippen LogP contribution in [0.5, 0.6) is 0 Å². The lowest BCUT2D eigenvalue weighted by Gasteiger charge is -2.41. The van der Waals surface area contributed by atoms with Gasteiger partial charge in [-0.25, -0.2) is 0 Å². The SMILES string of the molecule is CC[Si](CC)(CC)OC1CC(=CCP(=O)(c2ccccc2)c2ccccc2)CC(O[Si](CC)(CC)CC)C1. The van der Waals surface area contributed by atoms with Crippen molar-refractivity contribution in [3.63, 3.8) is 0 Å². The fourth-order valence-corrected chi connectivity index (χ4v) is 14.5. The molecule has 0 N–H and O–H groups in total. The van der Waals surface area contributed by atoms with Crippen molar-refractivity contribution in [2.75, 3.05) is 6.16 Å². The number of hydrogen-bond donors (Lipinski definition) is 0. The van der Waals surface area contributed by atoms with E-state index in [-0.39, 0.29) is 12.2 Å². The second kappa shape index (κ2) is 14.4. The third-order valence-electron chi connectivity index (χ3n) is 9.19. The van der Waals surface area contributed by atoms with E-state index in [0.29, 0.717) is 6.16 Å². The third kappa shape index (κ3) is 7.49. The lowest BCUT2D eigenvalue weighted by molar-refractivity contribution is 0.0758. The Morgan fingerprint density at radius 1 is 0.684 bits per heavy atom. The van der Waals surface area contributed by atoms with E-state index >= 15 is 0 Å². The molecule has 0 aromatic heterocycles. The molecule has 0 spiro atoms. The van der Waals surface area contributed by atoms with Crippen LogP contribution in [0.3, 0.4) is 0 Å². The highest BCUT2D eigenvalue weighted by Crippen LogP contribution is 2.44. The zero-order valence-electron chi connectivity index (χ0n) is 24.7. The first-order valence-corrected chi connectivity index (χ1v) is 22.0. The van der Waals surface area contributed by atoms with Gasteiger partial charge in [0.15, 0.2) is 16.6 Å². The molecule has 0 aliphatic heterocycles. The fourth-order valence-electron chi connectivity index (χ4n) is 6.14. The molecule has 2 aromatic rings. The predicted molar refractivity (Wildman–Crippen MR) is 171 cm³/mol. The van der Waals surface area contributed by atoms with E-state index in [1.54, 1.807) is 0 Å². The van der Waals surface area contributed by atoms with Crippen molar-refractivity contribution in [2.24, 2.45) is 0 Å². The van der Waals surface area contributed by atoms with Crippen LogP contribution in [-0.4, -0.2) is 35.0 Å². The molecule has 0 radical (unpaired) electrons. The zero-order valence-corrected chi connectivity index (χ0v) is 27.6. The molecule has 0 saturated heterocycles. The van der Waals surface area contributed by atoms with Crippen molar-refractivity contribution in [1.82, 2.24) is 0 Å². The van der Waals surface area contributed by atoms with Crippen LogP contribution in [-0.2, 0) is 13.4 Å². The molecule has 6 heteroatoms. The molecule has 2 aromatic carbocycles. The molecule has 0 bridgehead atoms. The first-order chi connectivity index (χ1) is 18.3. The fraction of sp³-hybridized carbons (Fsp3) is 0.562. The van der Waals surface area contributed by atoms with Gasteiger partial charge in [-0.3, -0.25) is 0 Å². The first kappa shape index (κ1) is 31.3. The summed E-state index contributed by atoms with van der Waals surface area (Å²) in [5.41, 5.74) is 1.37. The Labute approximate surface area is 235 Å². The largest absolute Gasteiger partial charge is 0.414 e. The van der Waals surface area contributed by atoms with Gasteiger partial charge in [-0.15, -0.1) is 0 Å². The summed E-state index contributed by atoms with van der Waals surface area (Å²) in [5.74, 6) is 0. The van der Waals surface area contributed by atoms with Crippen LogP contribution in [0.15, 0.2) is 72.3 Å². The quantitative estimate of drug-likeness (QED) is 0.129. The Bertz CT molecular complexity index is 957. The lowest BCUT2D eigenvalue weighted by atomic mass is 9.90. The normalized spacial score (nSPS) is 18.9. The highest BCUT2D eigenvalue weighted by Gasteiger charge is 2.39. The van der Waals surface area contributed by atoms with Crippen molar-refractivity contribution in [3.8, 4) is 0 Å². The Hall–Kier alpha value is -1.24. The second-order valence-corrected chi connectivity index (χ2v) is 23.4. The van der Waals surface area contributed by atoms with E-state index in [1.165, 1.54) is 5.57 Å². The molecular formula is C32H51O3PSi2. The molecule has 0 heterocycles. The highest BCUT2D eigenvalue weighted by molar-refractivity contribution is 7.78. The van der Waals surface area contributed by atoms with Crippen molar-refractivity contribution < 1.29 is 13.4 Å². The molecule has 0 amide bonds. The van der Waals surface area contributed by atoms with Gasteiger partial charge in [0.2, 0.25) is 0 Å². The average Bonchev–Trinajstić information content (AvgIpc) is 2.98. The first-order valence-electron chi connectivity index (χ1n) is 15.0. The van der Waals surface area contributed by atoms with Crippen LogP contribution in [0.1, 0.15) is 60.8 Å². The average molecular weight is 571 g/mol. The summed E-state index contributed by atoms with van der Waals surface area (Å²) >= 11 is 0. The van der Waals surface area contributed by atoms with Gasteiger partial charge >= 0.3 is 0 Å². The maximum atomic E-state index is 14.7. The summed E-state index contributed by atoms with van der Waals surface area (Å²) < 4.78 is 28.8. The van der Waals surface area contributed by atoms with Gasteiger partial charge in [-0.1, -0.05) is 114 Å². The van der Waals surface area contributed by atoms with Crippen molar-refractivity contribution >= 4 is 34.4 Å². The maximum absolute atomic E-state index is 14.7. The molecule has 2 atom stereocenters. The van der Waals surface area contributed by atoms with Crippen LogP contribution >= 0.6 is 7.14 Å². The van der Waals surface area contributed by atoms with Crippen LogP contribution in [0.2, 0.25) is 36.3 Å². The van der Waals surface area contributed by atoms with E-state index in [0.717, 1.165) is 66.1 Å². The molecular weight excluding hydrogens is 519 g/mol. The van der Waals surface area contributed by atoms with Crippen LogP contribution in [0, 0.1) is 0 Å². The Balaban J connectivity index is 1.94. The van der Waals surface area contributed by atoms with E-state index in [4.69, 9.17) is 8.85 Å². The molecule has 2 unspecified atom stereocenters. The highest BCUT2D eigenvalue weighted by atomic mass is 31.2. The van der Waals surface area contributed by atoms with Crippen LogP contribution in [0.4, 0.5) is 0 Å². The molecule has 210 valence electrons. The maximum Gasteiger partial charge on any atom is 0.192 e. The molecule has 3 nitrogen and oxygen atoms in total. The molecule has 1 aliphatic carbocycles. The van der Waals surface area contributed by atoms with Gasteiger partial charge in [0.25, 0.3) is 0 Å². The van der Waals surface area contributed by atoms with Crippen molar-refractivity contribution in [2.45, 2.75) is 109 Å². The summed E-state index contributed by atoms with van der Waals surface area (Å²) in [6.45, 7) is 13.9. The number of benzene rings is 2. The van der Waals surface area contributed by atoms with E-state index in [9.17, 15) is 4.57 Å². The molecule has 1 aliphatic rings. The molecule has 3 rings (SSSR count). The minimum Gasteiger partial charge on any atom is -0.414 e. The van der Waals surface area contributed by atoms with Gasteiger partial charge < -0.3 is 13.4 Å². The lowest BCUT2D eigenvalue weighted by Crippen LogP contribution is -2.46. The summed E-state index contributed by atoms with van der Waals surface area (Å²) in [7, 11) is -6.26. The standard InChI is InChI=1S/C32H51O3PSi2/c1-7-37(8-2,9-3)34-29-25-28(26-30(27-29)35-38(10-4,11-5)12-6)23-24-36(33,31-19-15-13-16-20-31)32-21-17-14-18-22-32/h13-23,29-30H,7-12,24-27H2,1-6H3. The van der Waals surface area contributed by atoms with Crippen molar-refractivity contribution in [1.29, 1.82) is 0 Å². The topological polar surface area (TPSA) is 35.5 Å². The Morgan fingerprint density at radius 3 is 1.39 bits per heavy atom. The minimum atomic E-state index is -2.79. The zero-order chi connectivity index (χ0) is 27.7. The van der Waals surface area contributed by atoms with E-state index in [1.807, 2.05) is 60.7 Å². The monoisotopic (exact) mass is 570 g/mol. The summed E-state index contributed by atoms with van der Waals surface area (Å²) in [5, 5.41) is 1.87. The summed E-state index contributed by atoms with van der Waals surface area (Å²) in [6, 6.07) is 27.1. The molecule has 1 saturated carbocycles. The molecule has 38 heavy (non-hydrogen) atoms. The van der Waals surface area contributed by atoms with Gasteiger partial charge in [0.05, 0.1) is 12.2 Å². The predicted octanol–water partition coefficient (Wildman–Crippen LogP) is 8.89. The van der Waals surface area contributed by atoms with Gasteiger partial charge in [0.1, 0.15) is 7.14 Å². The van der Waals surface area contributed by atoms with Gasteiger partial charge in [-0.2, -0.15) is 0 Å². The number of allylic oxidation sites excluding steroid dienone is 1. The van der Waals surface area contributed by atoms with Gasteiger partial charge in [0, 0.05) is 16.8 Å². The van der Waals surface area contributed by atoms with E-state index in [2.05, 4.69) is 47.6 Å². The number of hydrogen-bond acceptors (Lipinski definition) is 3. The van der Waals surface area contributed by atoms with Gasteiger partial charge in [-0.05, 0) is 55.5 Å². The summed E-state index contributed by atoms with van der Waals surface area (Å²) in [6.07, 6.45) is 6.14. The smallest absolute Gasteiger partial charge is 0.192 e. The molecule has 1 fully saturated rings. The Kier molecular flexibility index (Phi) is 11.9. The van der Waals surface area contributed by atoms with Crippen molar-refractivity contribution in [3.05, 3.63) is 72.3 Å². The van der Waals surface area contributed by atoms with Crippen LogP contribution in [0.25, 0.3) is 0 Å². The third-order valence-corrected chi connectivity index (χ3v) is 21.5. The van der Waals surface area contributed by atoms with E-state index < -0.39 is 23.8 Å².